The van der Waals surface area contributed by atoms with Crippen LogP contribution in [0.2, 0.25) is 0 Å². The molecular weight excluding hydrogens is 374 g/mol. The first-order chi connectivity index (χ1) is 14.7. The minimum absolute atomic E-state index is 0.146. The average molecular weight is 399 g/mol. The summed E-state index contributed by atoms with van der Waals surface area (Å²) in [7, 11) is 0. The fraction of sp³-hybridized carbons (Fsp3) is 0.231. The van der Waals surface area contributed by atoms with Gasteiger partial charge in [-0.3, -0.25) is 4.79 Å². The van der Waals surface area contributed by atoms with Crippen molar-refractivity contribution in [1.82, 2.24) is 4.90 Å². The number of carbonyl (C=O) groups is 2. The first-order valence-corrected chi connectivity index (χ1v) is 10.4. The molecule has 0 spiro atoms. The van der Waals surface area contributed by atoms with Crippen LogP contribution in [0.1, 0.15) is 46.0 Å². The number of ether oxygens (including phenoxy) is 1. The predicted molar refractivity (Wildman–Crippen MR) is 116 cm³/mol. The van der Waals surface area contributed by atoms with Gasteiger partial charge in [-0.15, -0.1) is 0 Å². The van der Waals surface area contributed by atoms with Gasteiger partial charge in [-0.1, -0.05) is 78.9 Å². The highest BCUT2D eigenvalue weighted by Gasteiger charge is 2.31. The van der Waals surface area contributed by atoms with Crippen LogP contribution in [0.3, 0.4) is 0 Å². The van der Waals surface area contributed by atoms with E-state index in [0.29, 0.717) is 30.6 Å². The van der Waals surface area contributed by atoms with Crippen molar-refractivity contribution in [2.24, 2.45) is 0 Å². The third-order valence-corrected chi connectivity index (χ3v) is 5.44. The normalized spacial score (nSPS) is 14.3. The van der Waals surface area contributed by atoms with Crippen LogP contribution < -0.4 is 0 Å². The number of amides is 1. The van der Waals surface area contributed by atoms with Gasteiger partial charge in [0.15, 0.2) is 0 Å². The molecule has 1 heterocycles. The molecule has 4 heteroatoms. The van der Waals surface area contributed by atoms with Gasteiger partial charge in [0, 0.05) is 18.7 Å². The number of esters is 1. The van der Waals surface area contributed by atoms with Gasteiger partial charge in [0.2, 0.25) is 6.10 Å². The molecule has 0 unspecified atom stereocenters. The van der Waals surface area contributed by atoms with Crippen LogP contribution in [-0.2, 0) is 16.0 Å². The summed E-state index contributed by atoms with van der Waals surface area (Å²) >= 11 is 0. The number of likely N-dealkylation sites (tertiary alicyclic amines) is 1. The van der Waals surface area contributed by atoms with E-state index >= 15 is 0 Å². The third kappa shape index (κ3) is 4.60. The van der Waals surface area contributed by atoms with Crippen LogP contribution >= 0.6 is 0 Å². The van der Waals surface area contributed by atoms with Gasteiger partial charge >= 0.3 is 5.97 Å². The molecule has 0 aromatic heterocycles. The van der Waals surface area contributed by atoms with Crippen molar-refractivity contribution in [2.75, 3.05) is 13.1 Å². The standard InChI is InChI=1S/C26H25NO3/c28-25(27-17-9-10-18-27)24(21-13-5-2-6-14-21)30-26(29)23-16-8-7-15-22(23)19-20-11-3-1-4-12-20/h1-8,11-16,24H,9-10,17-19H2/t24-/m1/s1. The van der Waals surface area contributed by atoms with E-state index in [0.717, 1.165) is 24.0 Å². The number of rotatable bonds is 6. The van der Waals surface area contributed by atoms with E-state index in [2.05, 4.69) is 0 Å². The molecule has 4 nitrogen and oxygen atoms in total. The molecule has 152 valence electrons. The summed E-state index contributed by atoms with van der Waals surface area (Å²) in [5.41, 5.74) is 3.19. The van der Waals surface area contributed by atoms with Crippen molar-refractivity contribution < 1.29 is 14.3 Å². The lowest BCUT2D eigenvalue weighted by molar-refractivity contribution is -0.140. The summed E-state index contributed by atoms with van der Waals surface area (Å²) in [4.78, 5) is 28.1. The smallest absolute Gasteiger partial charge is 0.339 e. The Morgan fingerprint density at radius 1 is 0.800 bits per heavy atom. The summed E-state index contributed by atoms with van der Waals surface area (Å²) in [6.07, 6.45) is 1.67. The summed E-state index contributed by atoms with van der Waals surface area (Å²) in [5, 5.41) is 0. The molecule has 0 radical (unpaired) electrons. The molecule has 1 amide bonds. The monoisotopic (exact) mass is 399 g/mol. The van der Waals surface area contributed by atoms with Crippen molar-refractivity contribution in [3.05, 3.63) is 107 Å². The molecule has 1 aliphatic heterocycles. The lowest BCUT2D eigenvalue weighted by Gasteiger charge is -2.24. The van der Waals surface area contributed by atoms with Crippen LogP contribution in [0.25, 0.3) is 0 Å². The van der Waals surface area contributed by atoms with E-state index in [4.69, 9.17) is 4.74 Å². The van der Waals surface area contributed by atoms with E-state index in [9.17, 15) is 9.59 Å². The van der Waals surface area contributed by atoms with Gasteiger partial charge in [-0.05, 0) is 36.5 Å². The van der Waals surface area contributed by atoms with Crippen LogP contribution in [0.15, 0.2) is 84.9 Å². The van der Waals surface area contributed by atoms with E-state index < -0.39 is 12.1 Å². The van der Waals surface area contributed by atoms with E-state index in [1.165, 1.54) is 0 Å². The molecule has 0 aliphatic carbocycles. The third-order valence-electron chi connectivity index (χ3n) is 5.44. The van der Waals surface area contributed by atoms with Gasteiger partial charge < -0.3 is 9.64 Å². The fourth-order valence-corrected chi connectivity index (χ4v) is 3.85. The Morgan fingerprint density at radius 2 is 1.40 bits per heavy atom. The molecule has 0 N–H and O–H groups in total. The van der Waals surface area contributed by atoms with Gasteiger partial charge in [-0.2, -0.15) is 0 Å². The van der Waals surface area contributed by atoms with Crippen molar-refractivity contribution in [1.29, 1.82) is 0 Å². The Morgan fingerprint density at radius 3 is 2.10 bits per heavy atom. The molecule has 1 aliphatic rings. The van der Waals surface area contributed by atoms with E-state index in [-0.39, 0.29) is 5.91 Å². The number of nitrogens with zero attached hydrogens (tertiary/aromatic N) is 1. The molecule has 1 atom stereocenters. The van der Waals surface area contributed by atoms with Crippen molar-refractivity contribution in [2.45, 2.75) is 25.4 Å². The zero-order valence-electron chi connectivity index (χ0n) is 16.9. The highest BCUT2D eigenvalue weighted by Crippen LogP contribution is 2.25. The van der Waals surface area contributed by atoms with Gasteiger partial charge in [0.25, 0.3) is 5.91 Å². The lowest BCUT2D eigenvalue weighted by Crippen LogP contribution is -2.35. The highest BCUT2D eigenvalue weighted by atomic mass is 16.5. The van der Waals surface area contributed by atoms with Gasteiger partial charge in [-0.25, -0.2) is 4.79 Å². The molecule has 30 heavy (non-hydrogen) atoms. The Kier molecular flexibility index (Phi) is 6.23. The molecule has 3 aromatic carbocycles. The van der Waals surface area contributed by atoms with Crippen molar-refractivity contribution >= 4 is 11.9 Å². The van der Waals surface area contributed by atoms with Crippen LogP contribution in [-0.4, -0.2) is 29.9 Å². The summed E-state index contributed by atoms with van der Waals surface area (Å²) in [5.74, 6) is -0.615. The zero-order chi connectivity index (χ0) is 20.8. The zero-order valence-corrected chi connectivity index (χ0v) is 16.9. The van der Waals surface area contributed by atoms with Crippen LogP contribution in [0, 0.1) is 0 Å². The molecule has 0 bridgehead atoms. The summed E-state index contributed by atoms with van der Waals surface area (Å²) in [6.45, 7) is 1.43. The molecule has 1 fully saturated rings. The first-order valence-electron chi connectivity index (χ1n) is 10.4. The highest BCUT2D eigenvalue weighted by molar-refractivity contribution is 5.94. The molecule has 4 rings (SSSR count). The SMILES string of the molecule is O=C(O[C@@H](C(=O)N1CCCC1)c1ccccc1)c1ccccc1Cc1ccccc1. The second-order valence-corrected chi connectivity index (χ2v) is 7.55. The van der Waals surface area contributed by atoms with Gasteiger partial charge in [0.1, 0.15) is 0 Å². The minimum atomic E-state index is -0.929. The summed E-state index contributed by atoms with van der Waals surface area (Å²) in [6, 6.07) is 26.7. The number of hydrogen-bond acceptors (Lipinski definition) is 3. The second kappa shape index (κ2) is 9.40. The van der Waals surface area contributed by atoms with E-state index in [1.807, 2.05) is 78.9 Å². The van der Waals surface area contributed by atoms with Crippen LogP contribution in [0.5, 0.6) is 0 Å². The molecule has 3 aromatic rings. The lowest BCUT2D eigenvalue weighted by atomic mass is 9.99. The molecule has 0 saturated carbocycles. The first kappa shape index (κ1) is 19.9. The maximum atomic E-state index is 13.2. The quantitative estimate of drug-likeness (QED) is 0.560. The average Bonchev–Trinajstić information content (AvgIpc) is 3.34. The fourth-order valence-electron chi connectivity index (χ4n) is 3.85. The Bertz CT molecular complexity index is 995. The maximum absolute atomic E-state index is 13.2. The van der Waals surface area contributed by atoms with Gasteiger partial charge in [0.05, 0.1) is 5.56 Å². The number of carbonyl (C=O) groups excluding carboxylic acids is 2. The van der Waals surface area contributed by atoms with Crippen LogP contribution in [0.4, 0.5) is 0 Å². The maximum Gasteiger partial charge on any atom is 0.339 e. The number of benzene rings is 3. The Hall–Kier alpha value is -3.40. The van der Waals surface area contributed by atoms with Crippen molar-refractivity contribution in [3.8, 4) is 0 Å². The Balaban J connectivity index is 1.59. The molecule has 1 saturated heterocycles. The Labute approximate surface area is 177 Å². The number of hydrogen-bond donors (Lipinski definition) is 0. The predicted octanol–water partition coefficient (Wildman–Crippen LogP) is 4.80. The molecular formula is C26H25NO3. The minimum Gasteiger partial charge on any atom is -0.444 e. The topological polar surface area (TPSA) is 46.6 Å². The van der Waals surface area contributed by atoms with Crippen molar-refractivity contribution in [3.63, 3.8) is 0 Å². The van der Waals surface area contributed by atoms with E-state index in [1.54, 1.807) is 11.0 Å². The summed E-state index contributed by atoms with van der Waals surface area (Å²) < 4.78 is 5.85. The second-order valence-electron chi connectivity index (χ2n) is 7.55. The largest absolute Gasteiger partial charge is 0.444 e.